The van der Waals surface area contributed by atoms with Crippen molar-refractivity contribution in [2.45, 2.75) is 161 Å². The Kier molecular flexibility index (Phi) is 8.46. The van der Waals surface area contributed by atoms with Gasteiger partial charge in [0.2, 0.25) is 0 Å². The van der Waals surface area contributed by atoms with Gasteiger partial charge in [-0.1, -0.05) is 144 Å². The maximum atomic E-state index is 2.92. The number of hydrogen-bond acceptors (Lipinski definition) is 3. The molecule has 2 nitrogen and oxygen atoms in total. The van der Waals surface area contributed by atoms with Crippen molar-refractivity contribution < 1.29 is 0 Å². The van der Waals surface area contributed by atoms with Gasteiger partial charge in [0.05, 0.1) is 5.54 Å². The number of fused-ring (bicyclic) bond motifs is 12. The Bertz CT molecular complexity index is 3190. The van der Waals surface area contributed by atoms with E-state index in [-0.39, 0.29) is 39.5 Å². The number of nitrogens with zero attached hydrogens (tertiary/aromatic N) is 2. The average Bonchev–Trinajstić information content (AvgIpc) is 3.72. The molecule has 1 fully saturated rings. The molecule has 0 radical (unpaired) electrons. The molecule has 0 saturated heterocycles. The summed E-state index contributed by atoms with van der Waals surface area (Å²) in [6, 6.07) is 39.4. The van der Waals surface area contributed by atoms with Crippen LogP contribution < -0.4 is 20.6 Å². The molecule has 0 spiro atoms. The second-order valence-electron chi connectivity index (χ2n) is 24.8. The summed E-state index contributed by atoms with van der Waals surface area (Å²) >= 11 is 2.00. The van der Waals surface area contributed by atoms with Gasteiger partial charge >= 0.3 is 6.85 Å². The third-order valence-corrected chi connectivity index (χ3v) is 18.9. The summed E-state index contributed by atoms with van der Waals surface area (Å²) in [5.74, 6) is 0. The lowest BCUT2D eigenvalue weighted by atomic mass is 9.42. The Hall–Kier alpha value is -4.80. The lowest BCUT2D eigenvalue weighted by Gasteiger charge is -2.53. The predicted molar refractivity (Wildman–Crippen MR) is 284 cm³/mol. The Balaban J connectivity index is 1.26. The van der Waals surface area contributed by atoms with Crippen molar-refractivity contribution in [2.24, 2.45) is 0 Å². The molecule has 5 aliphatic rings. The van der Waals surface area contributed by atoms with E-state index in [1.165, 1.54) is 137 Å². The van der Waals surface area contributed by atoms with Crippen molar-refractivity contribution in [3.8, 4) is 22.3 Å². The molecular formula is C61H67BN2S. The summed E-state index contributed by atoms with van der Waals surface area (Å²) in [4.78, 5) is 5.76. The predicted octanol–water partition coefficient (Wildman–Crippen LogP) is 16.0. The summed E-state index contributed by atoms with van der Waals surface area (Å²) in [6.45, 7) is 31.9. The van der Waals surface area contributed by atoms with Crippen molar-refractivity contribution in [2.75, 3.05) is 9.71 Å². The lowest BCUT2D eigenvalue weighted by molar-refractivity contribution is 0.195. The molecule has 65 heavy (non-hydrogen) atoms. The van der Waals surface area contributed by atoms with E-state index in [2.05, 4.69) is 197 Å². The van der Waals surface area contributed by atoms with E-state index in [0.717, 1.165) is 0 Å². The van der Waals surface area contributed by atoms with Crippen LogP contribution >= 0.6 is 11.3 Å². The van der Waals surface area contributed by atoms with Gasteiger partial charge in [-0.05, 0) is 159 Å². The maximum absolute atomic E-state index is 2.92. The van der Waals surface area contributed by atoms with Crippen LogP contribution in [0.4, 0.5) is 22.7 Å². The van der Waals surface area contributed by atoms with E-state index in [1.54, 1.807) is 11.1 Å². The third kappa shape index (κ3) is 5.59. The summed E-state index contributed by atoms with van der Waals surface area (Å²) in [7, 11) is 0. The molecular weight excluding hydrogens is 804 g/mol. The highest BCUT2D eigenvalue weighted by molar-refractivity contribution is 7.26. The summed E-state index contributed by atoms with van der Waals surface area (Å²) in [5.41, 5.74) is 22.9. The van der Waals surface area contributed by atoms with Crippen LogP contribution in [0.1, 0.15) is 155 Å². The van der Waals surface area contributed by atoms with Gasteiger partial charge in [-0.15, -0.1) is 11.3 Å². The van der Waals surface area contributed by atoms with Crippen molar-refractivity contribution in [3.63, 3.8) is 0 Å². The summed E-state index contributed by atoms with van der Waals surface area (Å²) in [5, 5.41) is 2.85. The van der Waals surface area contributed by atoms with Gasteiger partial charge in [-0.25, -0.2) is 0 Å². The highest BCUT2D eigenvalue weighted by Crippen LogP contribution is 2.63. The minimum Gasteiger partial charge on any atom is -0.376 e. The van der Waals surface area contributed by atoms with E-state index >= 15 is 0 Å². The second-order valence-corrected chi connectivity index (χ2v) is 25.9. The first kappa shape index (κ1) is 41.6. The zero-order valence-electron chi connectivity index (χ0n) is 41.4. The molecule has 3 aliphatic heterocycles. The zero-order valence-corrected chi connectivity index (χ0v) is 42.2. The summed E-state index contributed by atoms with van der Waals surface area (Å²) in [6.07, 6.45) is 7.38. The quantitative estimate of drug-likeness (QED) is 0.160. The van der Waals surface area contributed by atoms with Crippen LogP contribution in [-0.2, 0) is 27.1 Å². The molecule has 6 aromatic carbocycles. The first-order valence-electron chi connectivity index (χ1n) is 24.8. The fourth-order valence-electron chi connectivity index (χ4n) is 13.6. The topological polar surface area (TPSA) is 6.48 Å². The van der Waals surface area contributed by atoms with Gasteiger partial charge in [0.25, 0.3) is 0 Å². The molecule has 330 valence electrons. The average molecular weight is 871 g/mol. The second kappa shape index (κ2) is 13.2. The molecule has 1 saturated carbocycles. The van der Waals surface area contributed by atoms with Gasteiger partial charge in [0, 0.05) is 59.5 Å². The van der Waals surface area contributed by atoms with Crippen LogP contribution in [0.25, 0.3) is 42.4 Å². The monoisotopic (exact) mass is 871 g/mol. The van der Waals surface area contributed by atoms with Gasteiger partial charge in [0.15, 0.2) is 0 Å². The first-order chi connectivity index (χ1) is 30.6. The molecule has 2 atom stereocenters. The van der Waals surface area contributed by atoms with Crippen LogP contribution in [-0.4, -0.2) is 12.4 Å². The minimum atomic E-state index is -0.0431. The number of anilines is 4. The lowest BCUT2D eigenvalue weighted by Crippen LogP contribution is -2.64. The van der Waals surface area contributed by atoms with Crippen LogP contribution in [0.5, 0.6) is 0 Å². The van der Waals surface area contributed by atoms with Crippen molar-refractivity contribution in [3.05, 3.63) is 130 Å². The number of aryl methyl sites for hydroxylation is 1. The fourth-order valence-corrected chi connectivity index (χ4v) is 14.8. The highest BCUT2D eigenvalue weighted by Gasteiger charge is 2.62. The highest BCUT2D eigenvalue weighted by atomic mass is 32.1. The number of thiophene rings is 1. The SMILES string of the molecule is Cc1cc2c3c(c1)N1c4c(cc(C(C)(C)C)cc4C4(C)CCCCC14C)B3N(c1ccc(C(C)(C)C)cc1-c1ccccc1)c1ccc3sc4cc5c(cc4c3c1-2)C(C)(C)CCC5(C)C. The van der Waals surface area contributed by atoms with E-state index in [9.17, 15) is 0 Å². The smallest absolute Gasteiger partial charge is 0.333 e. The standard InChI is InChI=1S/C61H67BN2S/c1-36-29-42-52-48(23-24-50-53(52)41-34-43-44(35-51(41)65-50)59(10,11)28-27-58(43,8)9)64(47-22-21-38(56(2,3)4)31-40(47)37-19-15-14-16-20-37)62-46-33-39(57(5,6)7)32-45-55(46)63(49(30-36)54(42)62)61(13)26-18-17-25-60(45,61)12/h14-16,19-24,29-35H,17-18,25-28H2,1-13H3. The van der Waals surface area contributed by atoms with Crippen molar-refractivity contribution in [1.29, 1.82) is 0 Å². The van der Waals surface area contributed by atoms with E-state index < -0.39 is 0 Å². The molecule has 0 N–H and O–H groups in total. The number of rotatable bonds is 2. The molecule has 4 heteroatoms. The molecule has 12 rings (SSSR count). The van der Waals surface area contributed by atoms with Gasteiger partial charge < -0.3 is 9.71 Å². The Labute approximate surface area is 393 Å². The molecule has 4 heterocycles. The molecule has 1 aromatic heterocycles. The van der Waals surface area contributed by atoms with E-state index in [1.807, 2.05) is 11.3 Å². The maximum Gasteiger partial charge on any atom is 0.333 e. The Morgan fingerprint density at radius 3 is 1.97 bits per heavy atom. The van der Waals surface area contributed by atoms with E-state index in [0.29, 0.717) is 0 Å². The Morgan fingerprint density at radius 1 is 0.585 bits per heavy atom. The van der Waals surface area contributed by atoms with Gasteiger partial charge in [0.1, 0.15) is 0 Å². The molecule has 2 aliphatic carbocycles. The van der Waals surface area contributed by atoms with E-state index in [4.69, 9.17) is 0 Å². The van der Waals surface area contributed by atoms with Crippen molar-refractivity contribution in [1.82, 2.24) is 0 Å². The normalized spacial score (nSPS) is 22.4. The van der Waals surface area contributed by atoms with Crippen LogP contribution in [0.3, 0.4) is 0 Å². The van der Waals surface area contributed by atoms with Gasteiger partial charge in [-0.2, -0.15) is 0 Å². The van der Waals surface area contributed by atoms with Crippen LogP contribution in [0, 0.1) is 6.92 Å². The van der Waals surface area contributed by atoms with Crippen LogP contribution in [0.15, 0.2) is 97.1 Å². The fraction of sp³-hybridized carbons (Fsp3) is 0.410. The van der Waals surface area contributed by atoms with Crippen LogP contribution in [0.2, 0.25) is 0 Å². The zero-order chi connectivity index (χ0) is 45.5. The molecule has 0 bridgehead atoms. The Morgan fingerprint density at radius 2 is 1.26 bits per heavy atom. The minimum absolute atomic E-state index is 0.00319. The number of hydrogen-bond donors (Lipinski definition) is 0. The largest absolute Gasteiger partial charge is 0.376 e. The number of benzene rings is 6. The van der Waals surface area contributed by atoms with Gasteiger partial charge in [-0.3, -0.25) is 0 Å². The molecule has 2 unspecified atom stereocenters. The first-order valence-corrected chi connectivity index (χ1v) is 25.6. The molecule has 7 aromatic rings. The molecule has 0 amide bonds. The third-order valence-electron chi connectivity index (χ3n) is 17.8. The summed E-state index contributed by atoms with van der Waals surface area (Å²) < 4.78 is 2.81. The van der Waals surface area contributed by atoms with Crippen molar-refractivity contribution >= 4 is 72.0 Å².